The normalized spacial score (nSPS) is 16.9. The van der Waals surface area contributed by atoms with Crippen LogP contribution in [0.15, 0.2) is 18.2 Å². The maximum atomic E-state index is 12.3. The van der Waals surface area contributed by atoms with Crippen LogP contribution in [0.4, 0.5) is 5.69 Å². The lowest BCUT2D eigenvalue weighted by molar-refractivity contribution is 0.0917. The van der Waals surface area contributed by atoms with Gasteiger partial charge in [-0.15, -0.1) is 0 Å². The van der Waals surface area contributed by atoms with E-state index in [2.05, 4.69) is 29.5 Å². The van der Waals surface area contributed by atoms with Gasteiger partial charge in [-0.25, -0.2) is 0 Å². The van der Waals surface area contributed by atoms with Gasteiger partial charge in [0, 0.05) is 23.8 Å². The van der Waals surface area contributed by atoms with Crippen molar-refractivity contribution in [3.05, 3.63) is 29.3 Å². The predicted molar refractivity (Wildman–Crippen MR) is 83.3 cm³/mol. The van der Waals surface area contributed by atoms with Crippen molar-refractivity contribution in [3.8, 4) is 0 Å². The number of aryl methyl sites for hydroxylation is 1. The minimum atomic E-state index is 0.0469. The summed E-state index contributed by atoms with van der Waals surface area (Å²) in [5.74, 6) is 0.0469. The molecule has 1 aromatic rings. The van der Waals surface area contributed by atoms with Crippen molar-refractivity contribution in [2.24, 2.45) is 0 Å². The maximum absolute atomic E-state index is 12.3. The van der Waals surface area contributed by atoms with Crippen molar-refractivity contribution < 1.29 is 4.79 Å². The van der Waals surface area contributed by atoms with Crippen LogP contribution in [0, 0.1) is 6.92 Å². The summed E-state index contributed by atoms with van der Waals surface area (Å²) in [6, 6.07) is 6.16. The molecule has 1 saturated heterocycles. The fraction of sp³-hybridized carbons (Fsp3) is 0.562. The van der Waals surface area contributed by atoms with Gasteiger partial charge in [-0.05, 0) is 70.6 Å². The maximum Gasteiger partial charge on any atom is 0.251 e. The molecule has 0 atom stereocenters. The Morgan fingerprint density at radius 2 is 2.05 bits per heavy atom. The molecule has 110 valence electrons. The van der Waals surface area contributed by atoms with Gasteiger partial charge in [-0.1, -0.05) is 0 Å². The van der Waals surface area contributed by atoms with Crippen molar-refractivity contribution in [1.29, 1.82) is 0 Å². The van der Waals surface area contributed by atoms with E-state index in [1.807, 2.05) is 25.1 Å². The Morgan fingerprint density at radius 1 is 1.35 bits per heavy atom. The molecule has 1 aromatic carbocycles. The SMILES string of the molecule is CCNc1ccc(C(=O)NC2CCN(C)CC2)cc1C. The van der Waals surface area contributed by atoms with E-state index in [9.17, 15) is 4.79 Å². The van der Waals surface area contributed by atoms with Crippen LogP contribution in [0.1, 0.15) is 35.7 Å². The monoisotopic (exact) mass is 275 g/mol. The number of nitrogens with one attached hydrogen (secondary N) is 2. The van der Waals surface area contributed by atoms with Gasteiger partial charge < -0.3 is 15.5 Å². The largest absolute Gasteiger partial charge is 0.385 e. The van der Waals surface area contributed by atoms with Crippen LogP contribution in [0.5, 0.6) is 0 Å². The summed E-state index contributed by atoms with van der Waals surface area (Å²) in [6.45, 7) is 7.11. The van der Waals surface area contributed by atoms with Crippen molar-refractivity contribution in [1.82, 2.24) is 10.2 Å². The fourth-order valence-electron chi connectivity index (χ4n) is 2.62. The van der Waals surface area contributed by atoms with Gasteiger partial charge in [0.25, 0.3) is 5.91 Å². The fourth-order valence-corrected chi connectivity index (χ4v) is 2.62. The highest BCUT2D eigenvalue weighted by molar-refractivity contribution is 5.95. The zero-order valence-corrected chi connectivity index (χ0v) is 12.7. The van der Waals surface area contributed by atoms with Gasteiger partial charge in [0.1, 0.15) is 0 Å². The first kappa shape index (κ1) is 14.9. The molecule has 1 amide bonds. The summed E-state index contributed by atoms with van der Waals surface area (Å²) >= 11 is 0. The van der Waals surface area contributed by atoms with Crippen molar-refractivity contribution in [2.75, 3.05) is 32.0 Å². The molecule has 0 saturated carbocycles. The van der Waals surface area contributed by atoms with E-state index < -0.39 is 0 Å². The summed E-state index contributed by atoms with van der Waals surface area (Å²) in [6.07, 6.45) is 2.08. The van der Waals surface area contributed by atoms with Crippen molar-refractivity contribution >= 4 is 11.6 Å². The highest BCUT2D eigenvalue weighted by Gasteiger charge is 2.19. The molecule has 4 heteroatoms. The Morgan fingerprint density at radius 3 is 2.65 bits per heavy atom. The van der Waals surface area contributed by atoms with Crippen LogP contribution in [-0.2, 0) is 0 Å². The highest BCUT2D eigenvalue weighted by Crippen LogP contribution is 2.17. The molecule has 0 bridgehead atoms. The molecular weight excluding hydrogens is 250 g/mol. The molecule has 0 spiro atoms. The molecule has 0 radical (unpaired) electrons. The lowest BCUT2D eigenvalue weighted by atomic mass is 10.0. The number of piperidine rings is 1. The van der Waals surface area contributed by atoms with E-state index >= 15 is 0 Å². The Labute approximate surface area is 121 Å². The van der Waals surface area contributed by atoms with E-state index in [1.54, 1.807) is 0 Å². The molecule has 1 aliphatic rings. The summed E-state index contributed by atoms with van der Waals surface area (Å²) < 4.78 is 0. The Kier molecular flexibility index (Phi) is 5.01. The molecule has 1 heterocycles. The number of hydrogen-bond donors (Lipinski definition) is 2. The first-order chi connectivity index (χ1) is 9.60. The number of rotatable bonds is 4. The summed E-state index contributed by atoms with van der Waals surface area (Å²) in [7, 11) is 2.13. The Bertz CT molecular complexity index is 465. The van der Waals surface area contributed by atoms with Gasteiger partial charge in [-0.2, -0.15) is 0 Å². The van der Waals surface area contributed by atoms with E-state index in [0.29, 0.717) is 6.04 Å². The van der Waals surface area contributed by atoms with E-state index in [-0.39, 0.29) is 5.91 Å². The molecule has 0 aromatic heterocycles. The molecule has 1 aliphatic heterocycles. The zero-order chi connectivity index (χ0) is 14.5. The van der Waals surface area contributed by atoms with Crippen molar-refractivity contribution in [2.45, 2.75) is 32.7 Å². The summed E-state index contributed by atoms with van der Waals surface area (Å²) in [4.78, 5) is 14.6. The van der Waals surface area contributed by atoms with Gasteiger partial charge in [0.05, 0.1) is 0 Å². The quantitative estimate of drug-likeness (QED) is 0.886. The second-order valence-electron chi connectivity index (χ2n) is 5.61. The highest BCUT2D eigenvalue weighted by atomic mass is 16.1. The van der Waals surface area contributed by atoms with Gasteiger partial charge in [0.2, 0.25) is 0 Å². The predicted octanol–water partition coefficient (Wildman–Crippen LogP) is 2.25. The average molecular weight is 275 g/mol. The molecule has 0 unspecified atom stereocenters. The average Bonchev–Trinajstić information content (AvgIpc) is 2.44. The second kappa shape index (κ2) is 6.75. The third-order valence-electron chi connectivity index (χ3n) is 3.91. The number of hydrogen-bond acceptors (Lipinski definition) is 3. The van der Waals surface area contributed by atoms with Crippen LogP contribution in [0.2, 0.25) is 0 Å². The van der Waals surface area contributed by atoms with E-state index in [1.165, 1.54) is 0 Å². The minimum Gasteiger partial charge on any atom is -0.385 e. The lowest BCUT2D eigenvalue weighted by Crippen LogP contribution is -2.43. The topological polar surface area (TPSA) is 44.4 Å². The number of anilines is 1. The lowest BCUT2D eigenvalue weighted by Gasteiger charge is -2.29. The molecule has 4 nitrogen and oxygen atoms in total. The van der Waals surface area contributed by atoms with E-state index in [4.69, 9.17) is 0 Å². The van der Waals surface area contributed by atoms with Gasteiger partial charge >= 0.3 is 0 Å². The number of carbonyl (C=O) groups excluding carboxylic acids is 1. The number of likely N-dealkylation sites (tertiary alicyclic amines) is 1. The molecular formula is C16H25N3O. The zero-order valence-electron chi connectivity index (χ0n) is 12.7. The molecule has 20 heavy (non-hydrogen) atoms. The standard InChI is InChI=1S/C16H25N3O/c1-4-17-15-6-5-13(11-12(15)2)16(20)18-14-7-9-19(3)10-8-14/h5-6,11,14,17H,4,7-10H2,1-3H3,(H,18,20). The van der Waals surface area contributed by atoms with Gasteiger partial charge in [-0.3, -0.25) is 4.79 Å². The number of benzene rings is 1. The minimum absolute atomic E-state index is 0.0469. The molecule has 2 N–H and O–H groups in total. The third-order valence-corrected chi connectivity index (χ3v) is 3.91. The molecule has 0 aliphatic carbocycles. The van der Waals surface area contributed by atoms with Crippen LogP contribution in [0.25, 0.3) is 0 Å². The van der Waals surface area contributed by atoms with E-state index in [0.717, 1.165) is 49.3 Å². The third kappa shape index (κ3) is 3.73. The van der Waals surface area contributed by atoms with Crippen LogP contribution in [-0.4, -0.2) is 43.5 Å². The summed E-state index contributed by atoms with van der Waals surface area (Å²) in [5, 5.41) is 6.44. The van der Waals surface area contributed by atoms with Gasteiger partial charge in [0.15, 0.2) is 0 Å². The smallest absolute Gasteiger partial charge is 0.251 e. The van der Waals surface area contributed by atoms with Crippen LogP contribution >= 0.6 is 0 Å². The first-order valence-corrected chi connectivity index (χ1v) is 7.44. The number of carbonyl (C=O) groups is 1. The van der Waals surface area contributed by atoms with Crippen LogP contribution < -0.4 is 10.6 Å². The first-order valence-electron chi connectivity index (χ1n) is 7.44. The Balaban J connectivity index is 1.97. The number of nitrogens with zero attached hydrogens (tertiary/aromatic N) is 1. The summed E-state index contributed by atoms with van der Waals surface area (Å²) in [5.41, 5.74) is 2.97. The second-order valence-corrected chi connectivity index (χ2v) is 5.61. The van der Waals surface area contributed by atoms with Crippen molar-refractivity contribution in [3.63, 3.8) is 0 Å². The Hall–Kier alpha value is -1.55. The molecule has 1 fully saturated rings. The number of amides is 1. The van der Waals surface area contributed by atoms with Crippen LogP contribution in [0.3, 0.4) is 0 Å². The molecule has 2 rings (SSSR count).